The van der Waals surface area contributed by atoms with Crippen molar-refractivity contribution in [2.45, 2.75) is 6.42 Å². The maximum Gasteiger partial charge on any atom is 0.232 e. The number of alkyl halides is 1. The number of hydrogen-bond donors (Lipinski definition) is 0. The second-order valence-electron chi connectivity index (χ2n) is 3.78. The Balaban J connectivity index is 2.15. The molecule has 1 aromatic rings. The van der Waals surface area contributed by atoms with Crippen molar-refractivity contribution in [1.29, 1.82) is 0 Å². The first-order valence-electron chi connectivity index (χ1n) is 5.12. The second-order valence-corrected chi connectivity index (χ2v) is 4.95. The average molecular weight is 307 g/mol. The van der Waals surface area contributed by atoms with Crippen LogP contribution in [0.1, 0.15) is 6.42 Å². The Morgan fingerprint density at radius 3 is 3.12 bits per heavy atom. The van der Waals surface area contributed by atoms with Gasteiger partial charge in [0, 0.05) is 19.0 Å². The van der Waals surface area contributed by atoms with Crippen LogP contribution < -0.4 is 9.64 Å². The minimum absolute atomic E-state index is 0.542. The van der Waals surface area contributed by atoms with Crippen molar-refractivity contribution in [3.63, 3.8) is 0 Å². The summed E-state index contributed by atoms with van der Waals surface area (Å²) in [4.78, 5) is 10.8. The van der Waals surface area contributed by atoms with E-state index in [1.165, 1.54) is 0 Å². The zero-order chi connectivity index (χ0) is 11.5. The van der Waals surface area contributed by atoms with Crippen LogP contribution in [0, 0.1) is 5.92 Å². The van der Waals surface area contributed by atoms with Gasteiger partial charge in [0.2, 0.25) is 11.8 Å². The van der Waals surface area contributed by atoms with Crippen LogP contribution in [-0.2, 0) is 0 Å². The smallest absolute Gasteiger partial charge is 0.232 e. The number of aromatic nitrogens is 2. The number of rotatable bonds is 3. The molecule has 1 aromatic heterocycles. The molecule has 4 nitrogen and oxygen atoms in total. The third-order valence-electron chi connectivity index (χ3n) is 2.68. The Labute approximate surface area is 108 Å². The fraction of sp³-hybridized carbons (Fsp3) is 0.600. The Bertz CT molecular complexity index is 377. The lowest BCUT2D eigenvalue weighted by molar-refractivity contribution is 0.394. The van der Waals surface area contributed by atoms with Crippen LogP contribution in [-0.4, -0.2) is 36.0 Å². The third-order valence-corrected chi connectivity index (χ3v) is 3.66. The molecule has 2 rings (SSSR count). The van der Waals surface area contributed by atoms with Gasteiger partial charge in [0.1, 0.15) is 0 Å². The Kier molecular flexibility index (Phi) is 3.86. The number of hydrogen-bond acceptors (Lipinski definition) is 4. The predicted molar refractivity (Wildman–Crippen MR) is 67.3 cm³/mol. The quantitative estimate of drug-likeness (QED) is 0.803. The highest BCUT2D eigenvalue weighted by Crippen LogP contribution is 2.26. The zero-order valence-corrected chi connectivity index (χ0v) is 11.3. The minimum Gasteiger partial charge on any atom is -0.480 e. The summed E-state index contributed by atoms with van der Waals surface area (Å²) in [5.74, 6) is 2.52. The van der Waals surface area contributed by atoms with Gasteiger partial charge in [-0.1, -0.05) is 0 Å². The van der Waals surface area contributed by atoms with Gasteiger partial charge >= 0.3 is 0 Å². The Morgan fingerprint density at radius 1 is 1.69 bits per heavy atom. The zero-order valence-electron chi connectivity index (χ0n) is 8.99. The van der Waals surface area contributed by atoms with E-state index in [0.717, 1.165) is 24.0 Å². The molecular formula is C10H13BrClN3O. The summed E-state index contributed by atoms with van der Waals surface area (Å²) in [6, 6.07) is 0. The number of methoxy groups -OCH3 is 1. The predicted octanol–water partition coefficient (Wildman–Crippen LogP) is 2.31. The molecule has 1 saturated heterocycles. The van der Waals surface area contributed by atoms with Gasteiger partial charge < -0.3 is 9.64 Å². The topological polar surface area (TPSA) is 38.2 Å². The first-order valence-corrected chi connectivity index (χ1v) is 6.44. The SMILES string of the molecule is COc1nc(N2CCC(CCl)C2)ncc1Br. The van der Waals surface area contributed by atoms with Gasteiger partial charge in [-0.2, -0.15) is 4.98 Å². The van der Waals surface area contributed by atoms with E-state index >= 15 is 0 Å². The van der Waals surface area contributed by atoms with E-state index in [2.05, 4.69) is 30.8 Å². The molecule has 1 fully saturated rings. The fourth-order valence-corrected chi connectivity index (χ4v) is 2.38. The summed E-state index contributed by atoms with van der Waals surface area (Å²) in [7, 11) is 1.60. The third kappa shape index (κ3) is 2.40. The van der Waals surface area contributed by atoms with Crippen LogP contribution in [0.2, 0.25) is 0 Å². The van der Waals surface area contributed by atoms with Gasteiger partial charge in [0.05, 0.1) is 17.8 Å². The van der Waals surface area contributed by atoms with Gasteiger partial charge in [-0.25, -0.2) is 4.98 Å². The van der Waals surface area contributed by atoms with E-state index in [4.69, 9.17) is 16.3 Å². The van der Waals surface area contributed by atoms with Gasteiger partial charge in [-0.3, -0.25) is 0 Å². The van der Waals surface area contributed by atoms with Crippen molar-refractivity contribution in [1.82, 2.24) is 9.97 Å². The van der Waals surface area contributed by atoms with E-state index in [1.54, 1.807) is 13.3 Å². The van der Waals surface area contributed by atoms with Crippen molar-refractivity contribution in [2.24, 2.45) is 5.92 Å². The maximum atomic E-state index is 5.84. The second kappa shape index (κ2) is 5.19. The molecule has 0 aliphatic carbocycles. The molecular weight excluding hydrogens is 293 g/mol. The summed E-state index contributed by atoms with van der Waals surface area (Å²) in [6.07, 6.45) is 2.82. The molecule has 1 aliphatic rings. The summed E-state index contributed by atoms with van der Waals surface area (Å²) in [5, 5.41) is 0. The van der Waals surface area contributed by atoms with Gasteiger partial charge in [0.25, 0.3) is 0 Å². The normalized spacial score (nSPS) is 20.2. The number of anilines is 1. The van der Waals surface area contributed by atoms with Gasteiger partial charge in [0.15, 0.2) is 0 Å². The van der Waals surface area contributed by atoms with Crippen molar-refractivity contribution >= 4 is 33.5 Å². The molecule has 88 valence electrons. The van der Waals surface area contributed by atoms with E-state index < -0.39 is 0 Å². The highest BCUT2D eigenvalue weighted by Gasteiger charge is 2.24. The molecule has 1 aliphatic heterocycles. The number of nitrogens with zero attached hydrogens (tertiary/aromatic N) is 3. The van der Waals surface area contributed by atoms with Crippen molar-refractivity contribution in [2.75, 3.05) is 31.0 Å². The van der Waals surface area contributed by atoms with Crippen LogP contribution in [0.15, 0.2) is 10.7 Å². The first kappa shape index (κ1) is 11.9. The van der Waals surface area contributed by atoms with E-state index in [0.29, 0.717) is 23.6 Å². The lowest BCUT2D eigenvalue weighted by Gasteiger charge is -2.16. The lowest BCUT2D eigenvalue weighted by Crippen LogP contribution is -2.22. The summed E-state index contributed by atoms with van der Waals surface area (Å²) >= 11 is 9.18. The van der Waals surface area contributed by atoms with Crippen molar-refractivity contribution in [3.05, 3.63) is 10.7 Å². The molecule has 16 heavy (non-hydrogen) atoms. The maximum absolute atomic E-state index is 5.84. The van der Waals surface area contributed by atoms with Crippen molar-refractivity contribution in [3.8, 4) is 5.88 Å². The molecule has 0 N–H and O–H groups in total. The van der Waals surface area contributed by atoms with Gasteiger partial charge in [-0.05, 0) is 28.3 Å². The fourth-order valence-electron chi connectivity index (χ4n) is 1.78. The van der Waals surface area contributed by atoms with Crippen LogP contribution in [0.4, 0.5) is 5.95 Å². The molecule has 0 bridgehead atoms. The van der Waals surface area contributed by atoms with Crippen LogP contribution >= 0.6 is 27.5 Å². The standard InChI is InChI=1S/C10H13BrClN3O/c1-16-9-8(11)5-13-10(14-9)15-3-2-7(4-12)6-15/h5,7H,2-4,6H2,1H3. The molecule has 0 amide bonds. The molecule has 0 radical (unpaired) electrons. The summed E-state index contributed by atoms with van der Waals surface area (Å²) in [5.41, 5.74) is 0. The Morgan fingerprint density at radius 2 is 2.50 bits per heavy atom. The van der Waals surface area contributed by atoms with Gasteiger partial charge in [-0.15, -0.1) is 11.6 Å². The molecule has 0 spiro atoms. The summed E-state index contributed by atoms with van der Waals surface area (Å²) in [6.45, 7) is 1.89. The Hall–Kier alpha value is -0.550. The van der Waals surface area contributed by atoms with E-state index in [9.17, 15) is 0 Å². The van der Waals surface area contributed by atoms with E-state index in [-0.39, 0.29) is 0 Å². The average Bonchev–Trinajstić information content (AvgIpc) is 2.78. The van der Waals surface area contributed by atoms with Crippen LogP contribution in [0.5, 0.6) is 5.88 Å². The minimum atomic E-state index is 0.542. The monoisotopic (exact) mass is 305 g/mol. The number of ether oxygens (including phenoxy) is 1. The largest absolute Gasteiger partial charge is 0.480 e. The molecule has 0 saturated carbocycles. The van der Waals surface area contributed by atoms with Crippen LogP contribution in [0.3, 0.4) is 0 Å². The molecule has 1 atom stereocenters. The highest BCUT2D eigenvalue weighted by molar-refractivity contribution is 9.10. The molecule has 2 heterocycles. The first-order chi connectivity index (χ1) is 7.74. The lowest BCUT2D eigenvalue weighted by atomic mass is 10.2. The summed E-state index contributed by atoms with van der Waals surface area (Å²) < 4.78 is 5.92. The van der Waals surface area contributed by atoms with Crippen molar-refractivity contribution < 1.29 is 4.74 Å². The van der Waals surface area contributed by atoms with Crippen LogP contribution in [0.25, 0.3) is 0 Å². The molecule has 1 unspecified atom stereocenters. The van der Waals surface area contributed by atoms with E-state index in [1.807, 2.05) is 0 Å². The molecule has 0 aromatic carbocycles. The highest BCUT2D eigenvalue weighted by atomic mass is 79.9. The number of halogens is 2. The molecule has 6 heteroatoms.